The van der Waals surface area contributed by atoms with Crippen LogP contribution in [-0.4, -0.2) is 46.9 Å². The van der Waals surface area contributed by atoms with Gasteiger partial charge in [-0.05, 0) is 36.8 Å². The molecular formula is C21H29N2O4+. The van der Waals surface area contributed by atoms with Gasteiger partial charge in [0.15, 0.2) is 17.5 Å². The van der Waals surface area contributed by atoms with Crippen LogP contribution in [0.15, 0.2) is 42.5 Å². The average Bonchev–Trinajstić information content (AvgIpc) is 2.71. The van der Waals surface area contributed by atoms with Crippen molar-refractivity contribution in [1.82, 2.24) is 0 Å². The first-order valence-electron chi connectivity index (χ1n) is 8.97. The lowest BCUT2D eigenvalue weighted by Gasteiger charge is -2.21. The van der Waals surface area contributed by atoms with Crippen LogP contribution in [-0.2, 0) is 11.2 Å². The minimum absolute atomic E-state index is 0.0377. The molecule has 0 aliphatic carbocycles. The third-order valence-corrected chi connectivity index (χ3v) is 4.75. The molecule has 1 amide bonds. The van der Waals surface area contributed by atoms with E-state index in [1.807, 2.05) is 56.4 Å². The van der Waals surface area contributed by atoms with Gasteiger partial charge in [0.2, 0.25) is 0 Å². The molecule has 6 heteroatoms. The Morgan fingerprint density at radius 2 is 1.67 bits per heavy atom. The summed E-state index contributed by atoms with van der Waals surface area (Å²) in [6.45, 7) is 2.74. The van der Waals surface area contributed by atoms with E-state index >= 15 is 0 Å². The molecule has 0 aliphatic heterocycles. The van der Waals surface area contributed by atoms with Crippen LogP contribution in [0, 0.1) is 0 Å². The van der Waals surface area contributed by atoms with Crippen molar-refractivity contribution in [3.8, 4) is 17.2 Å². The Labute approximate surface area is 161 Å². The second-order valence-electron chi connectivity index (χ2n) is 6.45. The molecule has 2 aromatic rings. The number of rotatable bonds is 9. The molecule has 27 heavy (non-hydrogen) atoms. The van der Waals surface area contributed by atoms with Crippen LogP contribution in [0.1, 0.15) is 12.5 Å². The van der Waals surface area contributed by atoms with E-state index in [9.17, 15) is 4.79 Å². The zero-order valence-electron chi connectivity index (χ0n) is 16.7. The maximum absolute atomic E-state index is 12.6. The number of quaternary nitrogens is 1. The van der Waals surface area contributed by atoms with Crippen molar-refractivity contribution in [2.45, 2.75) is 19.4 Å². The van der Waals surface area contributed by atoms with Crippen molar-refractivity contribution >= 4 is 11.6 Å². The molecule has 0 bridgehead atoms. The summed E-state index contributed by atoms with van der Waals surface area (Å²) in [5.41, 5.74) is 1.83. The fourth-order valence-corrected chi connectivity index (χ4v) is 2.81. The molecule has 0 aliphatic rings. The minimum Gasteiger partial charge on any atom is -0.495 e. The van der Waals surface area contributed by atoms with Gasteiger partial charge in [-0.1, -0.05) is 18.2 Å². The van der Waals surface area contributed by atoms with Gasteiger partial charge in [-0.25, -0.2) is 0 Å². The molecule has 2 rings (SSSR count). The van der Waals surface area contributed by atoms with E-state index in [0.29, 0.717) is 17.2 Å². The number of nitrogens with one attached hydrogen (secondary N) is 2. The molecule has 2 atom stereocenters. The van der Waals surface area contributed by atoms with Gasteiger partial charge < -0.3 is 24.4 Å². The Kier molecular flexibility index (Phi) is 7.49. The first kappa shape index (κ1) is 20.6. The van der Waals surface area contributed by atoms with Gasteiger partial charge in [-0.3, -0.25) is 4.79 Å². The van der Waals surface area contributed by atoms with E-state index in [2.05, 4.69) is 5.32 Å². The van der Waals surface area contributed by atoms with E-state index in [0.717, 1.165) is 29.2 Å². The predicted octanol–water partition coefficient (Wildman–Crippen LogP) is 1.80. The number of hydrogen-bond donors (Lipinski definition) is 2. The summed E-state index contributed by atoms with van der Waals surface area (Å²) < 4.78 is 15.9. The summed E-state index contributed by atoms with van der Waals surface area (Å²) in [6.07, 6.45) is 0.832. The van der Waals surface area contributed by atoms with Gasteiger partial charge in [-0.2, -0.15) is 0 Å². The molecule has 2 N–H and O–H groups in total. The molecule has 0 spiro atoms. The van der Waals surface area contributed by atoms with E-state index in [4.69, 9.17) is 14.2 Å². The Bertz CT molecular complexity index is 764. The van der Waals surface area contributed by atoms with Crippen molar-refractivity contribution < 1.29 is 23.9 Å². The lowest BCUT2D eigenvalue weighted by Crippen LogP contribution is -3.14. The SMILES string of the molecule is COc1ccccc1NC(=O)[C@@H](C)[NH+](C)CCc1ccc(OC)c(OC)c1. The third kappa shape index (κ3) is 5.37. The quantitative estimate of drug-likeness (QED) is 0.704. The van der Waals surface area contributed by atoms with Crippen molar-refractivity contribution in [2.24, 2.45) is 0 Å². The molecule has 0 heterocycles. The maximum Gasteiger partial charge on any atom is 0.282 e. The van der Waals surface area contributed by atoms with E-state index in [1.54, 1.807) is 21.3 Å². The Morgan fingerprint density at radius 1 is 1.00 bits per heavy atom. The molecule has 0 fully saturated rings. The predicted molar refractivity (Wildman–Crippen MR) is 106 cm³/mol. The largest absolute Gasteiger partial charge is 0.495 e. The van der Waals surface area contributed by atoms with E-state index in [-0.39, 0.29) is 11.9 Å². The molecular weight excluding hydrogens is 344 g/mol. The average molecular weight is 373 g/mol. The molecule has 146 valence electrons. The Hall–Kier alpha value is -2.73. The number of anilines is 1. The normalized spacial score (nSPS) is 12.8. The third-order valence-electron chi connectivity index (χ3n) is 4.75. The highest BCUT2D eigenvalue weighted by Crippen LogP contribution is 2.27. The molecule has 0 radical (unpaired) electrons. The number of likely N-dealkylation sites (N-methyl/N-ethyl adjacent to an activating group) is 1. The van der Waals surface area contributed by atoms with E-state index < -0.39 is 0 Å². The highest BCUT2D eigenvalue weighted by atomic mass is 16.5. The summed E-state index contributed by atoms with van der Waals surface area (Å²) in [7, 11) is 6.86. The summed E-state index contributed by atoms with van der Waals surface area (Å²) in [4.78, 5) is 13.7. The van der Waals surface area contributed by atoms with Crippen molar-refractivity contribution in [1.29, 1.82) is 0 Å². The summed E-state index contributed by atoms with van der Waals surface area (Å²) in [5.74, 6) is 2.05. The number of carbonyl (C=O) groups excluding carboxylic acids is 1. The zero-order valence-corrected chi connectivity index (χ0v) is 16.7. The second-order valence-corrected chi connectivity index (χ2v) is 6.45. The summed E-state index contributed by atoms with van der Waals surface area (Å²) in [5, 5.41) is 2.95. The lowest BCUT2D eigenvalue weighted by molar-refractivity contribution is -0.893. The number of ether oxygens (including phenoxy) is 3. The van der Waals surface area contributed by atoms with Gasteiger partial charge in [0.05, 0.1) is 40.6 Å². The Balaban J connectivity index is 1.95. The van der Waals surface area contributed by atoms with Crippen LogP contribution in [0.3, 0.4) is 0 Å². The van der Waals surface area contributed by atoms with Crippen molar-refractivity contribution in [3.63, 3.8) is 0 Å². The van der Waals surface area contributed by atoms with Crippen molar-refractivity contribution in [2.75, 3.05) is 40.2 Å². The monoisotopic (exact) mass is 373 g/mol. The maximum atomic E-state index is 12.6. The molecule has 2 aromatic carbocycles. The summed E-state index contributed by atoms with van der Waals surface area (Å²) >= 11 is 0. The smallest absolute Gasteiger partial charge is 0.282 e. The van der Waals surface area contributed by atoms with Crippen molar-refractivity contribution in [3.05, 3.63) is 48.0 Å². The van der Waals surface area contributed by atoms with Crippen LogP contribution >= 0.6 is 0 Å². The van der Waals surface area contributed by atoms with Crippen LogP contribution < -0.4 is 24.4 Å². The minimum atomic E-state index is -0.199. The molecule has 6 nitrogen and oxygen atoms in total. The summed E-state index contributed by atoms with van der Waals surface area (Å²) in [6, 6.07) is 13.1. The van der Waals surface area contributed by atoms with Crippen LogP contribution in [0.2, 0.25) is 0 Å². The molecule has 0 saturated carbocycles. The van der Waals surface area contributed by atoms with Gasteiger partial charge in [-0.15, -0.1) is 0 Å². The number of carbonyl (C=O) groups is 1. The fourth-order valence-electron chi connectivity index (χ4n) is 2.81. The topological polar surface area (TPSA) is 61.2 Å². The Morgan fingerprint density at radius 3 is 2.33 bits per heavy atom. The zero-order chi connectivity index (χ0) is 19.8. The van der Waals surface area contributed by atoms with Gasteiger partial charge in [0.1, 0.15) is 5.75 Å². The van der Waals surface area contributed by atoms with E-state index in [1.165, 1.54) is 0 Å². The first-order valence-corrected chi connectivity index (χ1v) is 8.97. The molecule has 0 saturated heterocycles. The molecule has 0 aromatic heterocycles. The number of methoxy groups -OCH3 is 3. The standard InChI is InChI=1S/C21H28N2O4/c1-15(21(24)22-17-8-6-7-9-18(17)25-3)23(2)13-12-16-10-11-19(26-4)20(14-16)27-5/h6-11,14-15H,12-13H2,1-5H3,(H,22,24)/p+1/t15-/m1/s1. The van der Waals surface area contributed by atoms with Gasteiger partial charge in [0, 0.05) is 6.42 Å². The fraction of sp³-hybridized carbons (Fsp3) is 0.381. The lowest BCUT2D eigenvalue weighted by atomic mass is 10.1. The van der Waals surface area contributed by atoms with Crippen LogP contribution in [0.5, 0.6) is 17.2 Å². The highest BCUT2D eigenvalue weighted by molar-refractivity contribution is 5.94. The first-order chi connectivity index (χ1) is 13.0. The van der Waals surface area contributed by atoms with Crippen LogP contribution in [0.4, 0.5) is 5.69 Å². The van der Waals surface area contributed by atoms with Gasteiger partial charge in [0.25, 0.3) is 5.91 Å². The van der Waals surface area contributed by atoms with Gasteiger partial charge >= 0.3 is 0 Å². The number of amides is 1. The highest BCUT2D eigenvalue weighted by Gasteiger charge is 2.22. The number of hydrogen-bond acceptors (Lipinski definition) is 4. The van der Waals surface area contributed by atoms with Crippen LogP contribution in [0.25, 0.3) is 0 Å². The second kappa shape index (κ2) is 9.83. The molecule has 1 unspecified atom stereocenters. The number of benzene rings is 2. The number of para-hydroxylation sites is 2.